The van der Waals surface area contributed by atoms with Crippen molar-refractivity contribution in [1.29, 1.82) is 0 Å². The highest BCUT2D eigenvalue weighted by atomic mass is 16.6. The highest BCUT2D eigenvalue weighted by Crippen LogP contribution is 2.24. The number of benzene rings is 1. The number of nitro benzene ring substituents is 1. The minimum absolute atomic E-state index is 0.0147. The van der Waals surface area contributed by atoms with Crippen molar-refractivity contribution in [3.8, 4) is 5.75 Å². The third-order valence-electron chi connectivity index (χ3n) is 2.61. The van der Waals surface area contributed by atoms with Crippen LogP contribution in [0.25, 0.3) is 0 Å². The highest BCUT2D eigenvalue weighted by Gasteiger charge is 2.19. The first-order valence-corrected chi connectivity index (χ1v) is 6.05. The quantitative estimate of drug-likeness (QED) is 0.527. The van der Waals surface area contributed by atoms with E-state index < -0.39 is 23.0 Å². The number of nitrogens with one attached hydrogen (secondary N) is 2. The molecule has 4 N–H and O–H groups in total. The number of non-ortho nitro benzene ring substituents is 1. The van der Waals surface area contributed by atoms with Gasteiger partial charge in [0.25, 0.3) is 11.6 Å². The van der Waals surface area contributed by atoms with Crippen LogP contribution in [0.15, 0.2) is 18.2 Å². The summed E-state index contributed by atoms with van der Waals surface area (Å²) in [6.45, 7) is 1.46. The number of nitrogens with zero attached hydrogens (tertiary/aromatic N) is 1. The summed E-state index contributed by atoms with van der Waals surface area (Å²) in [6, 6.07) is 3.24. The molecule has 0 heterocycles. The Morgan fingerprint density at radius 2 is 2.14 bits per heavy atom. The minimum atomic E-state index is -0.964. The Hall–Kier alpha value is -2.68. The standard InChI is InChI=1S/C12H16N4O5/c1-7(11(17)15-12(18)14-2)21-10-4-3-9(16(19)20)5-8(10)6-13/h3-5,7H,6,13H2,1-2H3,(H2,14,15,17,18). The summed E-state index contributed by atoms with van der Waals surface area (Å²) in [7, 11) is 1.37. The van der Waals surface area contributed by atoms with E-state index in [4.69, 9.17) is 10.5 Å². The van der Waals surface area contributed by atoms with E-state index in [1.807, 2.05) is 0 Å². The van der Waals surface area contributed by atoms with Gasteiger partial charge in [0.05, 0.1) is 4.92 Å². The van der Waals surface area contributed by atoms with Crippen molar-refractivity contribution in [2.24, 2.45) is 5.73 Å². The van der Waals surface area contributed by atoms with Gasteiger partial charge in [-0.05, 0) is 13.0 Å². The Balaban J connectivity index is 2.84. The smallest absolute Gasteiger partial charge is 0.321 e. The second-order valence-electron chi connectivity index (χ2n) is 4.08. The lowest BCUT2D eigenvalue weighted by molar-refractivity contribution is -0.384. The first kappa shape index (κ1) is 16.4. The van der Waals surface area contributed by atoms with Crippen LogP contribution in [0.3, 0.4) is 0 Å². The van der Waals surface area contributed by atoms with Gasteiger partial charge in [0.1, 0.15) is 5.75 Å². The zero-order valence-corrected chi connectivity index (χ0v) is 11.6. The number of imide groups is 1. The zero-order valence-electron chi connectivity index (χ0n) is 11.6. The van der Waals surface area contributed by atoms with Crippen molar-refractivity contribution < 1.29 is 19.2 Å². The van der Waals surface area contributed by atoms with Gasteiger partial charge >= 0.3 is 6.03 Å². The maximum absolute atomic E-state index is 11.7. The van der Waals surface area contributed by atoms with Crippen LogP contribution < -0.4 is 21.1 Å². The van der Waals surface area contributed by atoms with Gasteiger partial charge in [-0.2, -0.15) is 0 Å². The fourth-order valence-electron chi connectivity index (χ4n) is 1.47. The molecule has 0 fully saturated rings. The van der Waals surface area contributed by atoms with E-state index in [-0.39, 0.29) is 18.0 Å². The number of nitro groups is 1. The molecule has 9 heteroatoms. The molecule has 1 aromatic carbocycles. The molecule has 1 rings (SSSR count). The first-order chi connectivity index (χ1) is 9.88. The number of hydrogen-bond donors (Lipinski definition) is 3. The van der Waals surface area contributed by atoms with Crippen LogP contribution in [0, 0.1) is 10.1 Å². The topological polar surface area (TPSA) is 137 Å². The second kappa shape index (κ2) is 7.20. The molecule has 1 atom stereocenters. The van der Waals surface area contributed by atoms with Crippen LogP contribution in [0.4, 0.5) is 10.5 Å². The molecule has 1 aromatic rings. The number of rotatable bonds is 5. The van der Waals surface area contributed by atoms with Crippen molar-refractivity contribution in [3.63, 3.8) is 0 Å². The first-order valence-electron chi connectivity index (χ1n) is 6.05. The largest absolute Gasteiger partial charge is 0.481 e. The molecule has 0 radical (unpaired) electrons. The molecule has 1 unspecified atom stereocenters. The number of hydrogen-bond acceptors (Lipinski definition) is 6. The molecule has 0 spiro atoms. The second-order valence-corrected chi connectivity index (χ2v) is 4.08. The molecule has 3 amide bonds. The van der Waals surface area contributed by atoms with Crippen LogP contribution in [0.1, 0.15) is 12.5 Å². The molecule has 0 bridgehead atoms. The number of carbonyl (C=O) groups excluding carboxylic acids is 2. The summed E-state index contributed by atoms with van der Waals surface area (Å²) in [6.07, 6.45) is -0.964. The fraction of sp³-hybridized carbons (Fsp3) is 0.333. The summed E-state index contributed by atoms with van der Waals surface area (Å²) >= 11 is 0. The monoisotopic (exact) mass is 296 g/mol. The predicted octanol–water partition coefficient (Wildman–Crippen LogP) is 0.276. The van der Waals surface area contributed by atoms with E-state index in [1.165, 1.54) is 32.2 Å². The van der Waals surface area contributed by atoms with Crippen molar-refractivity contribution in [1.82, 2.24) is 10.6 Å². The molecule has 114 valence electrons. The molecule has 0 aromatic heterocycles. The van der Waals surface area contributed by atoms with Crippen molar-refractivity contribution in [2.75, 3.05) is 7.05 Å². The summed E-state index contributed by atoms with van der Waals surface area (Å²) < 4.78 is 5.38. The van der Waals surface area contributed by atoms with Crippen LogP contribution in [-0.2, 0) is 11.3 Å². The van der Waals surface area contributed by atoms with Crippen molar-refractivity contribution in [3.05, 3.63) is 33.9 Å². The minimum Gasteiger partial charge on any atom is -0.481 e. The van der Waals surface area contributed by atoms with E-state index in [0.717, 1.165) is 0 Å². The Morgan fingerprint density at radius 1 is 1.48 bits per heavy atom. The fourth-order valence-corrected chi connectivity index (χ4v) is 1.47. The maximum atomic E-state index is 11.7. The van der Waals surface area contributed by atoms with Gasteiger partial charge in [0, 0.05) is 31.3 Å². The molecule has 0 aliphatic rings. The Morgan fingerprint density at radius 3 is 2.67 bits per heavy atom. The SMILES string of the molecule is CNC(=O)NC(=O)C(C)Oc1ccc([N+](=O)[O-])cc1CN. The highest BCUT2D eigenvalue weighted by molar-refractivity contribution is 5.96. The van der Waals surface area contributed by atoms with Gasteiger partial charge in [0.15, 0.2) is 6.10 Å². The van der Waals surface area contributed by atoms with Crippen LogP contribution in [0.2, 0.25) is 0 Å². The lowest BCUT2D eigenvalue weighted by Crippen LogP contribution is -2.44. The summed E-state index contributed by atoms with van der Waals surface area (Å²) in [5.41, 5.74) is 5.78. The van der Waals surface area contributed by atoms with E-state index in [1.54, 1.807) is 0 Å². The molecule has 9 nitrogen and oxygen atoms in total. The van der Waals surface area contributed by atoms with E-state index >= 15 is 0 Å². The van der Waals surface area contributed by atoms with Gasteiger partial charge in [0.2, 0.25) is 0 Å². The third-order valence-corrected chi connectivity index (χ3v) is 2.61. The molecule has 0 aliphatic carbocycles. The van der Waals surface area contributed by atoms with Crippen LogP contribution >= 0.6 is 0 Å². The normalized spacial score (nSPS) is 11.4. The van der Waals surface area contributed by atoms with E-state index in [9.17, 15) is 19.7 Å². The van der Waals surface area contributed by atoms with Crippen LogP contribution in [0.5, 0.6) is 5.75 Å². The molecule has 21 heavy (non-hydrogen) atoms. The molecule has 0 saturated carbocycles. The number of carbonyl (C=O) groups is 2. The van der Waals surface area contributed by atoms with Crippen LogP contribution in [-0.4, -0.2) is 30.0 Å². The Labute approximate surface area is 120 Å². The number of urea groups is 1. The van der Waals surface area contributed by atoms with Crippen molar-refractivity contribution >= 4 is 17.6 Å². The lowest BCUT2D eigenvalue weighted by Gasteiger charge is -2.16. The summed E-state index contributed by atoms with van der Waals surface area (Å²) in [4.78, 5) is 32.8. The van der Waals surface area contributed by atoms with Gasteiger partial charge in [-0.1, -0.05) is 0 Å². The average molecular weight is 296 g/mol. The molecular weight excluding hydrogens is 280 g/mol. The number of nitrogens with two attached hydrogens (primary N) is 1. The summed E-state index contributed by atoms with van der Waals surface area (Å²) in [5, 5.41) is 15.0. The number of amides is 3. The van der Waals surface area contributed by atoms with E-state index in [0.29, 0.717) is 5.56 Å². The molecular formula is C12H16N4O5. The number of ether oxygens (including phenoxy) is 1. The maximum Gasteiger partial charge on any atom is 0.321 e. The van der Waals surface area contributed by atoms with E-state index in [2.05, 4.69) is 10.6 Å². The predicted molar refractivity (Wildman–Crippen MR) is 73.7 cm³/mol. The van der Waals surface area contributed by atoms with Gasteiger partial charge in [-0.15, -0.1) is 0 Å². The zero-order chi connectivity index (χ0) is 16.0. The Bertz CT molecular complexity index is 561. The lowest BCUT2D eigenvalue weighted by atomic mass is 10.1. The van der Waals surface area contributed by atoms with Gasteiger partial charge in [-0.25, -0.2) is 4.79 Å². The molecule has 0 saturated heterocycles. The average Bonchev–Trinajstić information content (AvgIpc) is 2.46. The van der Waals surface area contributed by atoms with Crippen molar-refractivity contribution in [2.45, 2.75) is 19.6 Å². The third kappa shape index (κ3) is 4.42. The van der Waals surface area contributed by atoms with Gasteiger partial charge in [-0.3, -0.25) is 20.2 Å². The summed E-state index contributed by atoms with van der Waals surface area (Å²) in [5.74, 6) is -0.390. The van der Waals surface area contributed by atoms with Gasteiger partial charge < -0.3 is 15.8 Å². The Kier molecular flexibility index (Phi) is 5.61. The molecule has 0 aliphatic heterocycles.